The average Bonchev–Trinajstić information content (AvgIpc) is 3.20. The first-order valence-electron chi connectivity index (χ1n) is 11.9. The Morgan fingerprint density at radius 3 is 2.59 bits per heavy atom. The first kappa shape index (κ1) is 22.6. The zero-order valence-corrected chi connectivity index (χ0v) is 20.1. The van der Waals surface area contributed by atoms with Crippen molar-refractivity contribution in [2.75, 3.05) is 49.7 Å². The summed E-state index contributed by atoms with van der Waals surface area (Å²) in [5, 5.41) is 5.18. The number of nitrogens with zero attached hydrogens (tertiary/aromatic N) is 6. The van der Waals surface area contributed by atoms with E-state index in [1.54, 1.807) is 6.92 Å². The lowest BCUT2D eigenvalue weighted by Crippen LogP contribution is -2.38. The maximum absolute atomic E-state index is 12.1. The number of carbonyl (C=O) groups excluding carboxylic acids is 1. The van der Waals surface area contributed by atoms with Gasteiger partial charge in [-0.05, 0) is 25.8 Å². The molecule has 0 bridgehead atoms. The van der Waals surface area contributed by atoms with Crippen molar-refractivity contribution < 1.29 is 9.53 Å². The topological polar surface area (TPSA) is 66.7 Å². The van der Waals surface area contributed by atoms with Crippen molar-refractivity contribution in [1.82, 2.24) is 19.7 Å². The lowest BCUT2D eigenvalue weighted by molar-refractivity contribution is -0.129. The van der Waals surface area contributed by atoms with Crippen LogP contribution in [0.1, 0.15) is 56.6 Å². The molecule has 8 heteroatoms. The van der Waals surface area contributed by atoms with Crippen LogP contribution in [0.3, 0.4) is 0 Å². The van der Waals surface area contributed by atoms with Gasteiger partial charge in [0.25, 0.3) is 0 Å². The number of anilines is 3. The van der Waals surface area contributed by atoms with E-state index in [0.717, 1.165) is 69.3 Å². The van der Waals surface area contributed by atoms with Crippen LogP contribution in [0.2, 0.25) is 0 Å². The number of ether oxygens (including phenoxy) is 1. The van der Waals surface area contributed by atoms with Crippen LogP contribution in [0.15, 0.2) is 12.3 Å². The molecule has 1 saturated heterocycles. The van der Waals surface area contributed by atoms with Gasteiger partial charge in [0.15, 0.2) is 5.82 Å². The number of fused-ring (bicyclic) bond motifs is 2. The fourth-order valence-electron chi connectivity index (χ4n) is 4.91. The highest BCUT2D eigenvalue weighted by atomic mass is 16.5. The van der Waals surface area contributed by atoms with E-state index >= 15 is 0 Å². The third-order valence-electron chi connectivity index (χ3n) is 6.66. The molecular formula is C24H36N6O2. The molecular weight excluding hydrogens is 404 g/mol. The Morgan fingerprint density at radius 2 is 1.88 bits per heavy atom. The minimum Gasteiger partial charge on any atom is -0.381 e. The van der Waals surface area contributed by atoms with Crippen molar-refractivity contribution in [2.24, 2.45) is 0 Å². The first-order chi connectivity index (χ1) is 15.5. The van der Waals surface area contributed by atoms with E-state index in [2.05, 4.69) is 32.6 Å². The Kier molecular flexibility index (Phi) is 6.69. The molecule has 3 aliphatic heterocycles. The van der Waals surface area contributed by atoms with E-state index in [0.29, 0.717) is 12.6 Å². The van der Waals surface area contributed by atoms with E-state index in [-0.39, 0.29) is 5.91 Å². The number of aryl methyl sites for hydroxylation is 1. The van der Waals surface area contributed by atoms with Gasteiger partial charge in [0.05, 0.1) is 30.2 Å². The van der Waals surface area contributed by atoms with Crippen LogP contribution < -0.4 is 9.80 Å². The summed E-state index contributed by atoms with van der Waals surface area (Å²) in [5.41, 5.74) is 5.77. The third-order valence-corrected chi connectivity index (χ3v) is 6.66. The number of pyridine rings is 1. The molecule has 2 aromatic heterocycles. The number of hydrogen-bond acceptors (Lipinski definition) is 6. The second kappa shape index (κ2) is 9.48. The number of amides is 1. The molecule has 5 heterocycles. The van der Waals surface area contributed by atoms with E-state index in [9.17, 15) is 4.79 Å². The quantitative estimate of drug-likeness (QED) is 0.713. The molecule has 2 aromatic rings. The van der Waals surface area contributed by atoms with Gasteiger partial charge in [0.1, 0.15) is 0 Å². The van der Waals surface area contributed by atoms with Crippen LogP contribution in [0.25, 0.3) is 0 Å². The second-order valence-corrected chi connectivity index (χ2v) is 8.62. The van der Waals surface area contributed by atoms with E-state index in [1.165, 1.54) is 16.9 Å². The molecule has 1 fully saturated rings. The Hall–Kier alpha value is -2.61. The predicted molar refractivity (Wildman–Crippen MR) is 127 cm³/mol. The minimum atomic E-state index is 0.126. The van der Waals surface area contributed by atoms with Gasteiger partial charge in [-0.25, -0.2) is 0 Å². The summed E-state index contributed by atoms with van der Waals surface area (Å²) in [7, 11) is 2.13. The molecule has 0 N–H and O–H groups in total. The first-order valence-corrected chi connectivity index (χ1v) is 11.9. The Morgan fingerprint density at radius 1 is 1.12 bits per heavy atom. The lowest BCUT2D eigenvalue weighted by atomic mass is 10.0. The summed E-state index contributed by atoms with van der Waals surface area (Å²) in [6.07, 6.45) is 4.80. The van der Waals surface area contributed by atoms with Gasteiger partial charge in [0, 0.05) is 70.2 Å². The molecule has 174 valence electrons. The molecule has 3 aliphatic rings. The summed E-state index contributed by atoms with van der Waals surface area (Å²) < 4.78 is 7.84. The van der Waals surface area contributed by atoms with Crippen LogP contribution in [0, 0.1) is 6.92 Å². The van der Waals surface area contributed by atoms with Gasteiger partial charge in [0.2, 0.25) is 5.91 Å². The Labute approximate surface area is 191 Å². The number of carbonyl (C=O) groups is 1. The van der Waals surface area contributed by atoms with E-state index in [4.69, 9.17) is 9.84 Å². The second-order valence-electron chi connectivity index (χ2n) is 8.62. The smallest absolute Gasteiger partial charge is 0.219 e. The van der Waals surface area contributed by atoms with Crippen molar-refractivity contribution in [3.8, 4) is 0 Å². The molecule has 8 nitrogen and oxygen atoms in total. The van der Waals surface area contributed by atoms with Gasteiger partial charge in [-0.2, -0.15) is 5.10 Å². The zero-order valence-electron chi connectivity index (χ0n) is 20.1. The highest BCUT2D eigenvalue weighted by Gasteiger charge is 2.34. The summed E-state index contributed by atoms with van der Waals surface area (Å²) >= 11 is 0. The normalized spacial score (nSPS) is 18.6. The van der Waals surface area contributed by atoms with Gasteiger partial charge >= 0.3 is 0 Å². The Balaban J connectivity index is 0.00000119. The van der Waals surface area contributed by atoms with Crippen molar-refractivity contribution in [2.45, 2.75) is 59.5 Å². The molecule has 5 rings (SSSR count). The summed E-state index contributed by atoms with van der Waals surface area (Å²) in [5.74, 6) is 1.11. The fraction of sp³-hybridized carbons (Fsp3) is 0.625. The van der Waals surface area contributed by atoms with Crippen molar-refractivity contribution >= 4 is 23.1 Å². The fourth-order valence-corrected chi connectivity index (χ4v) is 4.91. The van der Waals surface area contributed by atoms with Crippen molar-refractivity contribution in [3.63, 3.8) is 0 Å². The molecule has 32 heavy (non-hydrogen) atoms. The van der Waals surface area contributed by atoms with Crippen LogP contribution in [0.5, 0.6) is 0 Å². The van der Waals surface area contributed by atoms with E-state index < -0.39 is 0 Å². The molecule has 0 atom stereocenters. The van der Waals surface area contributed by atoms with Crippen LogP contribution >= 0.6 is 0 Å². The largest absolute Gasteiger partial charge is 0.381 e. The van der Waals surface area contributed by atoms with Crippen LogP contribution in [-0.2, 0) is 22.5 Å². The SMILES string of the molecule is CC.CC(=O)N1CCc2c(c(N3CCN(C)c4cc(C)ncc43)nn2C2CCOCC2)C1. The molecule has 0 spiro atoms. The van der Waals surface area contributed by atoms with Crippen LogP contribution in [0.4, 0.5) is 17.2 Å². The van der Waals surface area contributed by atoms with Gasteiger partial charge in [-0.1, -0.05) is 13.8 Å². The van der Waals surface area contributed by atoms with Crippen molar-refractivity contribution in [3.05, 3.63) is 29.2 Å². The average molecular weight is 441 g/mol. The van der Waals surface area contributed by atoms with Gasteiger partial charge in [-0.3, -0.25) is 14.5 Å². The zero-order chi connectivity index (χ0) is 22.8. The predicted octanol–water partition coefficient (Wildman–Crippen LogP) is 3.46. The maximum Gasteiger partial charge on any atom is 0.219 e. The molecule has 1 amide bonds. The Bertz CT molecular complexity index is 966. The highest BCUT2D eigenvalue weighted by molar-refractivity contribution is 5.79. The van der Waals surface area contributed by atoms with Gasteiger partial charge in [-0.15, -0.1) is 0 Å². The summed E-state index contributed by atoms with van der Waals surface area (Å²) in [4.78, 5) is 23.2. The molecule has 0 saturated carbocycles. The number of hydrogen-bond donors (Lipinski definition) is 0. The van der Waals surface area contributed by atoms with Crippen molar-refractivity contribution in [1.29, 1.82) is 0 Å². The summed E-state index contributed by atoms with van der Waals surface area (Å²) in [6.45, 7) is 12.4. The van der Waals surface area contributed by atoms with E-state index in [1.807, 2.05) is 31.9 Å². The third kappa shape index (κ3) is 4.08. The molecule has 0 aromatic carbocycles. The number of rotatable bonds is 2. The molecule has 0 unspecified atom stereocenters. The minimum absolute atomic E-state index is 0.126. The van der Waals surface area contributed by atoms with Gasteiger partial charge < -0.3 is 19.4 Å². The molecule has 0 aliphatic carbocycles. The number of aromatic nitrogens is 3. The summed E-state index contributed by atoms with van der Waals surface area (Å²) in [6, 6.07) is 2.51. The maximum atomic E-state index is 12.1. The number of likely N-dealkylation sites (N-methyl/N-ethyl adjacent to an activating group) is 1. The monoisotopic (exact) mass is 440 g/mol. The highest BCUT2D eigenvalue weighted by Crippen LogP contribution is 2.41. The lowest BCUT2D eigenvalue weighted by Gasteiger charge is -2.36. The van der Waals surface area contributed by atoms with Crippen LogP contribution in [-0.4, -0.2) is 65.5 Å². The molecule has 0 radical (unpaired) electrons. The standard InChI is InChI=1S/C22H30N6O2.C2H6/c1-15-12-20-21(13-23-15)27(9-8-25(20)3)22-18-14-26(16(2)29)7-4-19(18)28(24-22)17-5-10-30-11-6-17;1-2/h12-13,17H,4-11,14H2,1-3H3;1-2H3.